The van der Waals surface area contributed by atoms with Crippen LogP contribution in [0.3, 0.4) is 0 Å². The van der Waals surface area contributed by atoms with Crippen molar-refractivity contribution in [1.29, 1.82) is 0 Å². The van der Waals surface area contributed by atoms with Crippen molar-refractivity contribution in [3.63, 3.8) is 0 Å². The van der Waals surface area contributed by atoms with Crippen LogP contribution in [0.5, 0.6) is 0 Å². The highest BCUT2D eigenvalue weighted by Gasteiger charge is 2.34. The maximum Gasteiger partial charge on any atom is 0.0807 e. The topological polar surface area (TPSA) is 35.2 Å². The smallest absolute Gasteiger partial charge is 0.0807 e. The van der Waals surface area contributed by atoms with E-state index in [1.807, 2.05) is 0 Å². The summed E-state index contributed by atoms with van der Waals surface area (Å²) in [4.78, 5) is 0. The molecule has 2 unspecified atom stereocenters. The molecule has 2 N–H and O–H groups in total. The number of benzene rings is 1. The van der Waals surface area contributed by atoms with Gasteiger partial charge in [0.1, 0.15) is 0 Å². The molecule has 0 aliphatic carbocycles. The quantitative estimate of drug-likeness (QED) is 0.855. The lowest BCUT2D eigenvalue weighted by atomic mass is 9.85. The van der Waals surface area contributed by atoms with E-state index in [1.54, 1.807) is 0 Å². The summed E-state index contributed by atoms with van der Waals surface area (Å²) >= 11 is 2.32. The molecule has 1 aliphatic heterocycles. The summed E-state index contributed by atoms with van der Waals surface area (Å²) in [6.45, 7) is 3.01. The highest BCUT2D eigenvalue weighted by Crippen LogP contribution is 2.28. The average Bonchev–Trinajstić information content (AvgIpc) is 2.33. The van der Waals surface area contributed by atoms with Gasteiger partial charge in [0, 0.05) is 16.2 Å². The van der Waals surface area contributed by atoms with Gasteiger partial charge in [-0.3, -0.25) is 0 Å². The van der Waals surface area contributed by atoms with Gasteiger partial charge in [0.05, 0.1) is 5.60 Å². The van der Waals surface area contributed by atoms with E-state index in [9.17, 15) is 0 Å². The van der Waals surface area contributed by atoms with Gasteiger partial charge in [0.25, 0.3) is 0 Å². The first-order chi connectivity index (χ1) is 8.10. The highest BCUT2D eigenvalue weighted by atomic mass is 127. The first-order valence-corrected chi connectivity index (χ1v) is 7.32. The van der Waals surface area contributed by atoms with E-state index in [1.165, 1.54) is 22.0 Å². The SMILES string of the molecule is CC1(C(N)Cc2ccc(I)cc2)CCCCO1. The second kappa shape index (κ2) is 5.67. The van der Waals surface area contributed by atoms with Crippen LogP contribution in [-0.4, -0.2) is 18.2 Å². The number of hydrogen-bond donors (Lipinski definition) is 1. The van der Waals surface area contributed by atoms with E-state index in [4.69, 9.17) is 10.5 Å². The zero-order valence-electron chi connectivity index (χ0n) is 10.3. The molecule has 1 aromatic rings. The number of hydrogen-bond acceptors (Lipinski definition) is 2. The van der Waals surface area contributed by atoms with E-state index in [0.29, 0.717) is 0 Å². The number of rotatable bonds is 3. The predicted molar refractivity (Wildman–Crippen MR) is 79.0 cm³/mol. The standard InChI is InChI=1S/C14H20INO/c1-14(8-2-3-9-17-14)13(16)10-11-4-6-12(15)7-5-11/h4-7,13H,2-3,8-10,16H2,1H3. The lowest BCUT2D eigenvalue weighted by Gasteiger charge is -2.38. The van der Waals surface area contributed by atoms with Gasteiger partial charge in [0.15, 0.2) is 0 Å². The van der Waals surface area contributed by atoms with Gasteiger partial charge in [-0.1, -0.05) is 12.1 Å². The summed E-state index contributed by atoms with van der Waals surface area (Å²) in [7, 11) is 0. The van der Waals surface area contributed by atoms with Crippen molar-refractivity contribution in [2.45, 2.75) is 44.2 Å². The molecule has 0 bridgehead atoms. The first kappa shape index (κ1) is 13.3. The summed E-state index contributed by atoms with van der Waals surface area (Å²) in [6, 6.07) is 8.67. The van der Waals surface area contributed by atoms with Crippen molar-refractivity contribution in [2.24, 2.45) is 5.73 Å². The Hall–Kier alpha value is -0.130. The van der Waals surface area contributed by atoms with Crippen LogP contribution in [0, 0.1) is 3.57 Å². The van der Waals surface area contributed by atoms with E-state index < -0.39 is 0 Å². The molecular weight excluding hydrogens is 325 g/mol. The second-order valence-electron chi connectivity index (χ2n) is 5.06. The number of ether oxygens (including phenoxy) is 1. The third-order valence-electron chi connectivity index (χ3n) is 3.65. The van der Waals surface area contributed by atoms with Crippen LogP contribution in [0.2, 0.25) is 0 Å². The lowest BCUT2D eigenvalue weighted by Crippen LogP contribution is -2.50. The number of halogens is 1. The van der Waals surface area contributed by atoms with Gasteiger partial charge in [-0.05, 0) is 72.9 Å². The van der Waals surface area contributed by atoms with Crippen molar-refractivity contribution in [2.75, 3.05) is 6.61 Å². The molecular formula is C14H20INO. The van der Waals surface area contributed by atoms with Gasteiger partial charge in [0.2, 0.25) is 0 Å². The van der Waals surface area contributed by atoms with Crippen LogP contribution in [0.1, 0.15) is 31.7 Å². The molecule has 0 radical (unpaired) electrons. The minimum Gasteiger partial charge on any atom is -0.374 e. The van der Waals surface area contributed by atoms with E-state index >= 15 is 0 Å². The molecule has 1 fully saturated rings. The van der Waals surface area contributed by atoms with Crippen LogP contribution < -0.4 is 5.73 Å². The van der Waals surface area contributed by atoms with E-state index in [2.05, 4.69) is 53.8 Å². The van der Waals surface area contributed by atoms with Gasteiger partial charge in [-0.15, -0.1) is 0 Å². The molecule has 1 saturated heterocycles. The minimum atomic E-state index is -0.138. The van der Waals surface area contributed by atoms with Gasteiger partial charge in [-0.2, -0.15) is 0 Å². The molecule has 1 heterocycles. The van der Waals surface area contributed by atoms with Crippen molar-refractivity contribution in [1.82, 2.24) is 0 Å². The minimum absolute atomic E-state index is 0.0860. The van der Waals surface area contributed by atoms with Crippen molar-refractivity contribution in [3.8, 4) is 0 Å². The Morgan fingerprint density at radius 3 is 2.65 bits per heavy atom. The van der Waals surface area contributed by atoms with Crippen LogP contribution >= 0.6 is 22.6 Å². The molecule has 94 valence electrons. The summed E-state index contributed by atoms with van der Waals surface area (Å²) in [5, 5.41) is 0. The fraction of sp³-hybridized carbons (Fsp3) is 0.571. The van der Waals surface area contributed by atoms with Gasteiger partial charge in [-0.25, -0.2) is 0 Å². The molecule has 2 atom stereocenters. The molecule has 0 aromatic heterocycles. The molecule has 2 rings (SSSR count). The molecule has 1 aromatic carbocycles. The number of nitrogens with two attached hydrogens (primary N) is 1. The van der Waals surface area contributed by atoms with E-state index in [0.717, 1.165) is 19.4 Å². The monoisotopic (exact) mass is 345 g/mol. The van der Waals surface area contributed by atoms with Crippen molar-refractivity contribution in [3.05, 3.63) is 33.4 Å². The molecule has 0 saturated carbocycles. The third kappa shape index (κ3) is 3.42. The summed E-state index contributed by atoms with van der Waals surface area (Å²) in [5.74, 6) is 0. The van der Waals surface area contributed by atoms with Crippen molar-refractivity contribution >= 4 is 22.6 Å². The predicted octanol–water partition coefficient (Wildman–Crippen LogP) is 3.12. The van der Waals surface area contributed by atoms with Gasteiger partial charge < -0.3 is 10.5 Å². The molecule has 0 amide bonds. The Kier molecular flexibility index (Phi) is 4.44. The summed E-state index contributed by atoms with van der Waals surface area (Å²) in [5.41, 5.74) is 7.49. The second-order valence-corrected chi connectivity index (χ2v) is 6.30. The third-order valence-corrected chi connectivity index (χ3v) is 4.37. The Balaban J connectivity index is 2.00. The Morgan fingerprint density at radius 1 is 1.35 bits per heavy atom. The first-order valence-electron chi connectivity index (χ1n) is 6.24. The molecule has 3 heteroatoms. The largest absolute Gasteiger partial charge is 0.374 e. The van der Waals surface area contributed by atoms with Crippen LogP contribution in [0.25, 0.3) is 0 Å². The van der Waals surface area contributed by atoms with Gasteiger partial charge >= 0.3 is 0 Å². The van der Waals surface area contributed by atoms with E-state index in [-0.39, 0.29) is 11.6 Å². The normalized spacial score (nSPS) is 26.8. The van der Waals surface area contributed by atoms with Crippen LogP contribution in [-0.2, 0) is 11.2 Å². The highest BCUT2D eigenvalue weighted by molar-refractivity contribution is 14.1. The molecule has 17 heavy (non-hydrogen) atoms. The molecule has 1 aliphatic rings. The fourth-order valence-corrected chi connectivity index (χ4v) is 2.70. The van der Waals surface area contributed by atoms with Crippen LogP contribution in [0.15, 0.2) is 24.3 Å². The zero-order chi connectivity index (χ0) is 12.3. The maximum absolute atomic E-state index is 6.33. The average molecular weight is 345 g/mol. The molecule has 0 spiro atoms. The zero-order valence-corrected chi connectivity index (χ0v) is 12.4. The summed E-state index contributed by atoms with van der Waals surface area (Å²) in [6.07, 6.45) is 4.38. The lowest BCUT2D eigenvalue weighted by molar-refractivity contribution is -0.0808. The Morgan fingerprint density at radius 2 is 2.06 bits per heavy atom. The van der Waals surface area contributed by atoms with Crippen molar-refractivity contribution < 1.29 is 4.74 Å². The molecule has 2 nitrogen and oxygen atoms in total. The maximum atomic E-state index is 6.33. The van der Waals surface area contributed by atoms with Crippen LogP contribution in [0.4, 0.5) is 0 Å². The Bertz CT molecular complexity index is 357. The summed E-state index contributed by atoms with van der Waals surface area (Å²) < 4.78 is 7.16. The Labute approximate surface area is 117 Å². The fourth-order valence-electron chi connectivity index (χ4n) is 2.34.